The fraction of sp³-hybridized carbons (Fsp3) is 0.350. The Bertz CT molecular complexity index is 928. The smallest absolute Gasteiger partial charge is 0.416 e. The summed E-state index contributed by atoms with van der Waals surface area (Å²) in [5, 5.41) is 24.3. The van der Waals surface area contributed by atoms with E-state index in [2.05, 4.69) is 0 Å². The Morgan fingerprint density at radius 2 is 1.84 bits per heavy atom. The molecule has 1 unspecified atom stereocenters. The number of rotatable bonds is 10. The van der Waals surface area contributed by atoms with Crippen LogP contribution in [0, 0.1) is 0 Å². The molecule has 170 valence electrons. The Hall–Kier alpha value is -2.47. The predicted molar refractivity (Wildman–Crippen MR) is 110 cm³/mol. The number of alkyl halides is 3. The van der Waals surface area contributed by atoms with Gasteiger partial charge < -0.3 is 19.8 Å². The third-order valence-corrected chi connectivity index (χ3v) is 5.29. The lowest BCUT2D eigenvalue weighted by Crippen LogP contribution is -2.30. The van der Waals surface area contributed by atoms with Crippen molar-refractivity contribution >= 4 is 22.6 Å². The molecule has 0 aliphatic rings. The standard InChI is InChI=1S/C20H23F3N2O5S/c1-30-10-8-25(7-2-9-26)16-11-14(19(27)28)12-17(31(24)29)18(16)13-3-5-15(6-4-13)20(21,22)23/h3-6,11-12,26H,2,7-10,24H2,1H3,(H,27,28). The number of hydrogen-bond acceptors (Lipinski definition) is 5. The monoisotopic (exact) mass is 460 g/mol. The lowest BCUT2D eigenvalue weighted by molar-refractivity contribution is -0.137. The first-order chi connectivity index (χ1) is 14.6. The minimum Gasteiger partial charge on any atom is -0.478 e. The third-order valence-electron chi connectivity index (χ3n) is 4.54. The second-order valence-corrected chi connectivity index (χ2v) is 7.64. The number of anilines is 1. The molecular formula is C20H23F3N2O5S. The fourth-order valence-electron chi connectivity index (χ4n) is 3.06. The maximum atomic E-state index is 13.0. The van der Waals surface area contributed by atoms with Gasteiger partial charge in [-0.1, -0.05) is 12.1 Å². The fourth-order valence-corrected chi connectivity index (χ4v) is 3.73. The Labute approximate surface area is 179 Å². The number of carbonyl (C=O) groups is 1. The maximum Gasteiger partial charge on any atom is 0.416 e. The summed E-state index contributed by atoms with van der Waals surface area (Å²) in [4.78, 5) is 13.3. The van der Waals surface area contributed by atoms with Gasteiger partial charge in [0.1, 0.15) is 11.0 Å². The normalized spacial score (nSPS) is 12.6. The summed E-state index contributed by atoms with van der Waals surface area (Å²) in [7, 11) is -0.640. The van der Waals surface area contributed by atoms with Crippen LogP contribution in [0.25, 0.3) is 11.1 Å². The van der Waals surface area contributed by atoms with Gasteiger partial charge in [0.15, 0.2) is 0 Å². The Balaban J connectivity index is 2.76. The molecule has 1 atom stereocenters. The summed E-state index contributed by atoms with van der Waals surface area (Å²) in [6, 6.07) is 6.72. The lowest BCUT2D eigenvalue weighted by atomic mass is 9.98. The van der Waals surface area contributed by atoms with Crippen LogP contribution in [0.1, 0.15) is 22.3 Å². The predicted octanol–water partition coefficient (Wildman–Crippen LogP) is 2.89. The highest BCUT2D eigenvalue weighted by Gasteiger charge is 2.30. The number of aliphatic hydroxyl groups excluding tert-OH is 1. The van der Waals surface area contributed by atoms with Gasteiger partial charge in [-0.05, 0) is 36.2 Å². The molecule has 2 rings (SSSR count). The number of carboxylic acids is 1. The third kappa shape index (κ3) is 6.26. The second kappa shape index (κ2) is 10.7. The van der Waals surface area contributed by atoms with Crippen molar-refractivity contribution in [3.05, 3.63) is 47.5 Å². The molecule has 0 heterocycles. The first-order valence-corrected chi connectivity index (χ1v) is 10.4. The number of benzene rings is 2. The molecule has 0 radical (unpaired) electrons. The van der Waals surface area contributed by atoms with Crippen molar-refractivity contribution in [1.82, 2.24) is 0 Å². The highest BCUT2D eigenvalue weighted by atomic mass is 32.2. The quantitative estimate of drug-likeness (QED) is 0.503. The minimum atomic E-state index is -4.53. The molecule has 31 heavy (non-hydrogen) atoms. The Morgan fingerprint density at radius 3 is 2.32 bits per heavy atom. The van der Waals surface area contributed by atoms with Crippen LogP contribution in [0.4, 0.5) is 18.9 Å². The first kappa shape index (κ1) is 24.8. The zero-order valence-electron chi connectivity index (χ0n) is 16.7. The van der Waals surface area contributed by atoms with Crippen LogP contribution in [-0.2, 0) is 21.9 Å². The lowest BCUT2D eigenvalue weighted by Gasteiger charge is -2.28. The molecule has 0 aromatic heterocycles. The van der Waals surface area contributed by atoms with Crippen molar-refractivity contribution in [3.63, 3.8) is 0 Å². The van der Waals surface area contributed by atoms with Crippen LogP contribution >= 0.6 is 0 Å². The zero-order valence-corrected chi connectivity index (χ0v) is 17.5. The van der Waals surface area contributed by atoms with E-state index in [0.717, 1.165) is 18.2 Å². The molecule has 0 bridgehead atoms. The molecule has 11 heteroatoms. The number of aliphatic hydroxyl groups is 1. The molecule has 2 aromatic rings. The zero-order chi connectivity index (χ0) is 23.2. The molecule has 0 saturated carbocycles. The molecule has 7 nitrogen and oxygen atoms in total. The van der Waals surface area contributed by atoms with Crippen molar-refractivity contribution in [3.8, 4) is 11.1 Å². The van der Waals surface area contributed by atoms with Gasteiger partial charge in [-0.2, -0.15) is 13.2 Å². The number of hydrogen-bond donors (Lipinski definition) is 3. The van der Waals surface area contributed by atoms with Crippen molar-refractivity contribution < 1.29 is 37.1 Å². The van der Waals surface area contributed by atoms with E-state index in [1.165, 1.54) is 25.3 Å². The summed E-state index contributed by atoms with van der Waals surface area (Å²) >= 11 is 0. The number of carboxylic acid groups (broad SMARTS) is 1. The van der Waals surface area contributed by atoms with Gasteiger partial charge >= 0.3 is 12.1 Å². The van der Waals surface area contributed by atoms with Crippen LogP contribution in [0.15, 0.2) is 41.3 Å². The van der Waals surface area contributed by atoms with Crippen molar-refractivity contribution in [2.45, 2.75) is 17.5 Å². The van der Waals surface area contributed by atoms with E-state index in [4.69, 9.17) is 9.88 Å². The Morgan fingerprint density at radius 1 is 1.19 bits per heavy atom. The average molecular weight is 460 g/mol. The minimum absolute atomic E-state index is 0.0268. The van der Waals surface area contributed by atoms with Gasteiger partial charge in [0.2, 0.25) is 0 Å². The van der Waals surface area contributed by atoms with Crippen LogP contribution < -0.4 is 10.0 Å². The number of aromatic carboxylic acids is 1. The van der Waals surface area contributed by atoms with Crippen LogP contribution in [0.5, 0.6) is 0 Å². The first-order valence-electron chi connectivity index (χ1n) is 9.20. The van der Waals surface area contributed by atoms with Crippen LogP contribution in [-0.4, -0.2) is 53.8 Å². The summed E-state index contributed by atoms with van der Waals surface area (Å²) < 4.78 is 56.3. The topological polar surface area (TPSA) is 113 Å². The summed E-state index contributed by atoms with van der Waals surface area (Å²) in [5.41, 5.74) is -0.162. The van der Waals surface area contributed by atoms with Crippen LogP contribution in [0.2, 0.25) is 0 Å². The van der Waals surface area contributed by atoms with E-state index >= 15 is 0 Å². The molecule has 4 N–H and O–H groups in total. The average Bonchev–Trinajstić information content (AvgIpc) is 2.72. The largest absolute Gasteiger partial charge is 0.478 e. The number of methoxy groups -OCH3 is 1. The SMILES string of the molecule is COCCN(CCCO)c1cc(C(=O)O)cc(S(N)=O)c1-c1ccc(C(F)(F)F)cc1. The second-order valence-electron chi connectivity index (χ2n) is 6.60. The van der Waals surface area contributed by atoms with Gasteiger partial charge in [-0.25, -0.2) is 14.1 Å². The van der Waals surface area contributed by atoms with Gasteiger partial charge in [-0.3, -0.25) is 0 Å². The summed E-state index contributed by atoms with van der Waals surface area (Å²) in [6.45, 7) is 0.723. The van der Waals surface area contributed by atoms with Crippen molar-refractivity contribution in [2.24, 2.45) is 5.14 Å². The van der Waals surface area contributed by atoms with Gasteiger partial charge in [0, 0.05) is 38.1 Å². The molecule has 2 aromatic carbocycles. The highest BCUT2D eigenvalue weighted by Crippen LogP contribution is 2.38. The number of nitrogens with two attached hydrogens (primary N) is 1. The van der Waals surface area contributed by atoms with E-state index in [-0.39, 0.29) is 29.2 Å². The Kier molecular flexibility index (Phi) is 8.57. The molecular weight excluding hydrogens is 437 g/mol. The highest BCUT2D eigenvalue weighted by molar-refractivity contribution is 7.82. The maximum absolute atomic E-state index is 13.0. The van der Waals surface area contributed by atoms with Gasteiger partial charge in [0.25, 0.3) is 0 Å². The molecule has 0 spiro atoms. The van der Waals surface area contributed by atoms with E-state index in [9.17, 15) is 32.4 Å². The number of ether oxygens (including phenoxy) is 1. The summed E-state index contributed by atoms with van der Waals surface area (Å²) in [6.07, 6.45) is -4.19. The molecule has 0 fully saturated rings. The molecule has 0 saturated heterocycles. The molecule has 0 amide bonds. The number of halogens is 3. The molecule has 0 aliphatic heterocycles. The van der Waals surface area contributed by atoms with Crippen LogP contribution in [0.3, 0.4) is 0 Å². The van der Waals surface area contributed by atoms with E-state index < -0.39 is 28.7 Å². The van der Waals surface area contributed by atoms with E-state index in [1.54, 1.807) is 4.90 Å². The van der Waals surface area contributed by atoms with Crippen molar-refractivity contribution in [1.29, 1.82) is 0 Å². The van der Waals surface area contributed by atoms with Gasteiger partial charge in [-0.15, -0.1) is 0 Å². The number of nitrogens with zero attached hydrogens (tertiary/aromatic N) is 1. The van der Waals surface area contributed by atoms with E-state index in [0.29, 0.717) is 30.8 Å². The van der Waals surface area contributed by atoms with Crippen molar-refractivity contribution in [2.75, 3.05) is 38.3 Å². The van der Waals surface area contributed by atoms with Gasteiger partial charge in [0.05, 0.1) is 22.6 Å². The molecule has 0 aliphatic carbocycles. The summed E-state index contributed by atoms with van der Waals surface area (Å²) in [5.74, 6) is -1.28. The van der Waals surface area contributed by atoms with E-state index in [1.807, 2.05) is 0 Å².